The Bertz CT molecular complexity index is 790. The number of nitrogens with two attached hydrogens (primary N) is 1. The molecule has 30 heavy (non-hydrogen) atoms. The fourth-order valence-electron chi connectivity index (χ4n) is 2.97. The van der Waals surface area contributed by atoms with Crippen molar-refractivity contribution in [1.29, 1.82) is 0 Å². The number of amides is 2. The number of ether oxygens (including phenoxy) is 1. The highest BCUT2D eigenvalue weighted by atomic mass is 16.6. The van der Waals surface area contributed by atoms with Gasteiger partial charge in [0, 0.05) is 17.9 Å². The van der Waals surface area contributed by atoms with Crippen LogP contribution in [0.2, 0.25) is 0 Å². The van der Waals surface area contributed by atoms with Crippen LogP contribution in [0.15, 0.2) is 42.0 Å². The summed E-state index contributed by atoms with van der Waals surface area (Å²) in [5.41, 5.74) is 9.08. The van der Waals surface area contributed by atoms with Gasteiger partial charge >= 0.3 is 6.09 Å². The second-order valence-corrected chi connectivity index (χ2v) is 7.97. The van der Waals surface area contributed by atoms with E-state index < -0.39 is 34.6 Å². The average molecular weight is 420 g/mol. The molecule has 3 N–H and O–H groups in total. The largest absolute Gasteiger partial charge is 0.444 e. The molecular formula is C20H28N4O6. The Labute approximate surface area is 175 Å². The van der Waals surface area contributed by atoms with Crippen molar-refractivity contribution >= 4 is 12.0 Å². The lowest BCUT2D eigenvalue weighted by Crippen LogP contribution is -2.57. The van der Waals surface area contributed by atoms with Crippen molar-refractivity contribution in [2.24, 2.45) is 5.73 Å². The van der Waals surface area contributed by atoms with Gasteiger partial charge in [0.1, 0.15) is 11.6 Å². The maximum absolute atomic E-state index is 12.6. The highest BCUT2D eigenvalue weighted by Gasteiger charge is 2.37. The molecule has 1 aromatic carbocycles. The molecule has 0 aliphatic carbocycles. The SMILES string of the molecule is CC(C)(C)OC(=O)N1CC(NOCc2ccccc2)C(CC[N+](=O)[O-])=C[C@H]1C(N)=O. The van der Waals surface area contributed by atoms with E-state index in [1.54, 1.807) is 20.8 Å². The fraction of sp³-hybridized carbons (Fsp3) is 0.500. The lowest BCUT2D eigenvalue weighted by molar-refractivity contribution is -0.479. The molecule has 164 valence electrons. The Balaban J connectivity index is 2.19. The third-order valence-corrected chi connectivity index (χ3v) is 4.34. The molecule has 0 saturated heterocycles. The molecule has 0 saturated carbocycles. The van der Waals surface area contributed by atoms with Crippen molar-refractivity contribution in [2.75, 3.05) is 13.1 Å². The second-order valence-electron chi connectivity index (χ2n) is 7.97. The molecule has 1 aliphatic heterocycles. The molecule has 2 rings (SSSR count). The number of hydroxylamine groups is 1. The minimum Gasteiger partial charge on any atom is -0.444 e. The van der Waals surface area contributed by atoms with E-state index in [0.717, 1.165) is 5.56 Å². The van der Waals surface area contributed by atoms with Crippen LogP contribution < -0.4 is 11.2 Å². The van der Waals surface area contributed by atoms with Gasteiger partial charge in [-0.25, -0.2) is 4.79 Å². The van der Waals surface area contributed by atoms with Gasteiger partial charge in [0.2, 0.25) is 12.5 Å². The Morgan fingerprint density at radius 3 is 2.53 bits per heavy atom. The Kier molecular flexibility index (Phi) is 7.90. The number of rotatable bonds is 8. The molecule has 1 aliphatic rings. The van der Waals surface area contributed by atoms with Crippen LogP contribution in [0, 0.1) is 10.1 Å². The molecular weight excluding hydrogens is 392 g/mol. The molecule has 0 aromatic heterocycles. The first-order valence-corrected chi connectivity index (χ1v) is 9.59. The van der Waals surface area contributed by atoms with E-state index in [9.17, 15) is 19.7 Å². The van der Waals surface area contributed by atoms with Gasteiger partial charge in [-0.3, -0.25) is 24.6 Å². The van der Waals surface area contributed by atoms with Gasteiger partial charge in [0.15, 0.2) is 0 Å². The third-order valence-electron chi connectivity index (χ3n) is 4.34. The van der Waals surface area contributed by atoms with Crippen LogP contribution in [-0.2, 0) is 21.0 Å². The lowest BCUT2D eigenvalue weighted by atomic mass is 9.95. The molecule has 10 heteroatoms. The summed E-state index contributed by atoms with van der Waals surface area (Å²) in [6.45, 7) is 5.09. The minimum atomic E-state index is -1.06. The first-order valence-electron chi connectivity index (χ1n) is 9.59. The van der Waals surface area contributed by atoms with Crippen LogP contribution in [0.1, 0.15) is 32.8 Å². The second kappa shape index (κ2) is 10.2. The molecule has 1 unspecified atom stereocenters. The molecule has 2 amide bonds. The smallest absolute Gasteiger partial charge is 0.411 e. The summed E-state index contributed by atoms with van der Waals surface area (Å²) < 4.78 is 5.39. The van der Waals surface area contributed by atoms with Crippen molar-refractivity contribution in [3.8, 4) is 0 Å². The maximum Gasteiger partial charge on any atom is 0.411 e. The van der Waals surface area contributed by atoms with Crippen LogP contribution in [0.3, 0.4) is 0 Å². The van der Waals surface area contributed by atoms with E-state index in [1.807, 2.05) is 30.3 Å². The van der Waals surface area contributed by atoms with Gasteiger partial charge in [0.05, 0.1) is 12.6 Å². The summed E-state index contributed by atoms with van der Waals surface area (Å²) >= 11 is 0. The van der Waals surface area contributed by atoms with Crippen molar-refractivity contribution in [3.63, 3.8) is 0 Å². The van der Waals surface area contributed by atoms with E-state index in [4.69, 9.17) is 15.3 Å². The number of nitro groups is 1. The van der Waals surface area contributed by atoms with Gasteiger partial charge in [-0.1, -0.05) is 36.4 Å². The van der Waals surface area contributed by atoms with E-state index in [2.05, 4.69) is 5.48 Å². The molecule has 1 aromatic rings. The van der Waals surface area contributed by atoms with Gasteiger partial charge in [-0.05, 0) is 31.9 Å². The van der Waals surface area contributed by atoms with Gasteiger partial charge in [-0.15, -0.1) is 0 Å². The first-order chi connectivity index (χ1) is 14.1. The number of benzene rings is 1. The number of nitrogens with zero attached hydrogens (tertiary/aromatic N) is 2. The quantitative estimate of drug-likeness (QED) is 0.371. The summed E-state index contributed by atoms with van der Waals surface area (Å²) in [4.78, 5) is 41.8. The standard InChI is InChI=1S/C20H28N4O6/c1-20(2,3)30-19(26)23-12-16(22-29-13-14-7-5-4-6-8-14)15(9-10-24(27)28)11-17(23)18(21)25/h4-8,11,16-17,22H,9-10,12-13H2,1-3H3,(H2,21,25)/t16?,17-/m0/s1. The number of hydrogen-bond acceptors (Lipinski definition) is 7. The highest BCUT2D eigenvalue weighted by Crippen LogP contribution is 2.23. The zero-order valence-electron chi connectivity index (χ0n) is 17.4. The zero-order valence-corrected chi connectivity index (χ0v) is 17.4. The topological polar surface area (TPSA) is 137 Å². The number of carbonyl (C=O) groups is 2. The van der Waals surface area contributed by atoms with Crippen molar-refractivity contribution in [3.05, 3.63) is 57.7 Å². The Morgan fingerprint density at radius 1 is 1.30 bits per heavy atom. The first kappa shape index (κ1) is 23.3. The summed E-state index contributed by atoms with van der Waals surface area (Å²) in [7, 11) is 0. The van der Waals surface area contributed by atoms with Crippen LogP contribution in [0.4, 0.5) is 4.79 Å². The van der Waals surface area contributed by atoms with E-state index in [0.29, 0.717) is 5.57 Å². The molecule has 0 spiro atoms. The summed E-state index contributed by atoms with van der Waals surface area (Å²) in [6.07, 6.45) is 0.861. The van der Waals surface area contributed by atoms with E-state index in [-0.39, 0.29) is 26.1 Å². The maximum atomic E-state index is 12.6. The molecule has 0 bridgehead atoms. The predicted molar refractivity (Wildman–Crippen MR) is 109 cm³/mol. The van der Waals surface area contributed by atoms with E-state index >= 15 is 0 Å². The number of primary amides is 1. The van der Waals surface area contributed by atoms with E-state index in [1.165, 1.54) is 11.0 Å². The lowest BCUT2D eigenvalue weighted by Gasteiger charge is -2.38. The molecule has 1 heterocycles. The van der Waals surface area contributed by atoms with Crippen molar-refractivity contribution in [2.45, 2.75) is 51.5 Å². The number of hydrogen-bond donors (Lipinski definition) is 2. The van der Waals surface area contributed by atoms with Gasteiger partial charge in [-0.2, -0.15) is 5.48 Å². The highest BCUT2D eigenvalue weighted by molar-refractivity contribution is 5.87. The van der Waals surface area contributed by atoms with Crippen LogP contribution >= 0.6 is 0 Å². The number of nitrogens with one attached hydrogen (secondary N) is 1. The van der Waals surface area contributed by atoms with Crippen molar-refractivity contribution < 1.29 is 24.1 Å². The number of carbonyl (C=O) groups excluding carboxylic acids is 2. The summed E-state index contributed by atoms with van der Waals surface area (Å²) in [5, 5.41) is 10.8. The summed E-state index contributed by atoms with van der Waals surface area (Å²) in [5.74, 6) is -0.747. The normalized spacial score (nSPS) is 19.2. The average Bonchev–Trinajstić information content (AvgIpc) is 2.65. The Morgan fingerprint density at radius 2 is 1.97 bits per heavy atom. The molecule has 0 fully saturated rings. The van der Waals surface area contributed by atoms with Crippen LogP contribution in [0.5, 0.6) is 0 Å². The molecule has 0 radical (unpaired) electrons. The van der Waals surface area contributed by atoms with Gasteiger partial charge in [0.25, 0.3) is 0 Å². The summed E-state index contributed by atoms with van der Waals surface area (Å²) in [6, 6.07) is 7.81. The zero-order chi connectivity index (χ0) is 22.3. The minimum absolute atomic E-state index is 0.0147. The Hall–Kier alpha value is -2.98. The third kappa shape index (κ3) is 7.12. The fourth-order valence-corrected chi connectivity index (χ4v) is 2.97. The van der Waals surface area contributed by atoms with Crippen molar-refractivity contribution in [1.82, 2.24) is 10.4 Å². The van der Waals surface area contributed by atoms with Gasteiger partial charge < -0.3 is 10.5 Å². The molecule has 10 nitrogen and oxygen atoms in total. The van der Waals surface area contributed by atoms with Crippen LogP contribution in [-0.4, -0.2) is 52.6 Å². The van der Waals surface area contributed by atoms with Crippen LogP contribution in [0.25, 0.3) is 0 Å². The predicted octanol–water partition coefficient (Wildman–Crippen LogP) is 1.77. The molecule has 2 atom stereocenters. The monoisotopic (exact) mass is 420 g/mol.